The summed E-state index contributed by atoms with van der Waals surface area (Å²) in [4.78, 5) is 53.7. The average Bonchev–Trinajstić information content (AvgIpc) is 3.13. The van der Waals surface area contributed by atoms with Crippen LogP contribution in [0.4, 0.5) is 27.2 Å². The van der Waals surface area contributed by atoms with Gasteiger partial charge in [0.1, 0.15) is 11.2 Å². The van der Waals surface area contributed by atoms with Gasteiger partial charge in [0.05, 0.1) is 43.9 Å². The number of aliphatic hydroxyl groups excluding tert-OH is 2. The zero-order chi connectivity index (χ0) is 48.6. The molecule has 63 heavy (non-hydrogen) atoms. The molecule has 3 atom stereocenters. The van der Waals surface area contributed by atoms with Crippen molar-refractivity contribution in [2.24, 2.45) is 0 Å². The molecule has 0 fully saturated rings. The molecular formula is C41H56Cl6F4N4O8. The molecule has 0 heterocycles. The molecule has 0 spiro atoms. The maximum atomic E-state index is 13.5. The molecule has 0 aliphatic carbocycles. The number of carbonyl (C=O) groups excluding carboxylic acids is 4. The lowest BCUT2D eigenvalue weighted by molar-refractivity contribution is -0.148. The van der Waals surface area contributed by atoms with E-state index in [1.807, 2.05) is 0 Å². The second-order valence-corrected chi connectivity index (χ2v) is 18.8. The highest BCUT2D eigenvalue weighted by Crippen LogP contribution is 2.40. The fourth-order valence-electron chi connectivity index (χ4n) is 6.06. The lowest BCUT2D eigenvalue weighted by Gasteiger charge is -2.45. The molecule has 2 aromatic rings. The van der Waals surface area contributed by atoms with Crippen molar-refractivity contribution in [1.29, 1.82) is 0 Å². The summed E-state index contributed by atoms with van der Waals surface area (Å²) in [5.74, 6) is -3.34. The van der Waals surface area contributed by atoms with E-state index in [1.165, 1.54) is 55.4 Å². The number of hydrogen-bond donors (Lipinski definition) is 2. The van der Waals surface area contributed by atoms with Crippen LogP contribution in [0, 0.1) is 0 Å². The zero-order valence-corrected chi connectivity index (χ0v) is 40.3. The molecule has 0 aliphatic rings. The van der Waals surface area contributed by atoms with Gasteiger partial charge in [-0.15, -0.1) is 6.58 Å². The van der Waals surface area contributed by atoms with Crippen molar-refractivity contribution >= 4 is 93.6 Å². The van der Waals surface area contributed by atoms with Crippen LogP contribution >= 0.6 is 69.6 Å². The fourth-order valence-corrected chi connectivity index (χ4v) is 6.94. The number of ether oxygens (including phenoxy) is 2. The molecule has 2 rings (SSSR count). The van der Waals surface area contributed by atoms with Gasteiger partial charge in [0.15, 0.2) is 0 Å². The molecule has 2 N–H and O–H groups in total. The summed E-state index contributed by atoms with van der Waals surface area (Å²) in [5, 5.41) is 12.2. The number of alkyl halides is 6. The Labute approximate surface area is 396 Å². The van der Waals surface area contributed by atoms with Crippen LogP contribution in [0.3, 0.4) is 0 Å². The van der Waals surface area contributed by atoms with Crippen LogP contribution in [-0.4, -0.2) is 130 Å². The first kappa shape index (κ1) is 60.0. The minimum atomic E-state index is -4.20. The summed E-state index contributed by atoms with van der Waals surface area (Å²) >= 11 is 34.2. The van der Waals surface area contributed by atoms with E-state index in [2.05, 4.69) is 6.58 Å². The first-order valence-corrected chi connectivity index (χ1v) is 20.7. The molecule has 3 unspecified atom stereocenters. The van der Waals surface area contributed by atoms with Crippen molar-refractivity contribution in [3.05, 3.63) is 80.3 Å². The lowest BCUT2D eigenvalue weighted by atomic mass is 9.82. The number of hydrogen-bond acceptors (Lipinski definition) is 8. The Morgan fingerprint density at radius 3 is 1.32 bits per heavy atom. The number of nitrogens with zero attached hydrogens (tertiary/aromatic N) is 4. The number of likely N-dealkylation sites (N-methyl/N-ethyl adjacent to an activating group) is 4. The van der Waals surface area contributed by atoms with Gasteiger partial charge < -0.3 is 29.5 Å². The topological polar surface area (TPSA) is 140 Å². The minimum Gasteiger partial charge on any atom is -0.444 e. The Morgan fingerprint density at radius 1 is 0.683 bits per heavy atom. The van der Waals surface area contributed by atoms with E-state index in [0.29, 0.717) is 10.5 Å². The van der Waals surface area contributed by atoms with Gasteiger partial charge in [-0.1, -0.05) is 72.0 Å². The van der Waals surface area contributed by atoms with Gasteiger partial charge in [-0.25, -0.2) is 9.59 Å². The van der Waals surface area contributed by atoms with E-state index in [9.17, 15) is 47.0 Å². The molecular weight excluding hydrogens is 965 g/mol. The van der Waals surface area contributed by atoms with E-state index < -0.39 is 76.3 Å². The molecule has 0 saturated carbocycles. The third-order valence-corrected chi connectivity index (χ3v) is 10.8. The number of aliphatic hydroxyl groups is 2. The normalized spacial score (nSPS) is 14.3. The SMILES string of the molecule is C.C=CCC(CN(C)C(=O)C(F)(F)Cl)(c1ccc(Cl)c(Cl)c1)N(C)C(=O)OC(C)(C)C.CN(CC(CC(O)CO)(c1ccc(Cl)c(Cl)c1)N(C)C(=O)OC(C)(C)C)C(=O)C(F)(F)Cl. The van der Waals surface area contributed by atoms with Crippen molar-refractivity contribution < 1.29 is 56.4 Å². The summed E-state index contributed by atoms with van der Waals surface area (Å²) in [5.41, 5.74) is -4.02. The van der Waals surface area contributed by atoms with E-state index >= 15 is 0 Å². The van der Waals surface area contributed by atoms with Crippen molar-refractivity contribution in [2.45, 2.75) is 101 Å². The van der Waals surface area contributed by atoms with Crippen molar-refractivity contribution in [1.82, 2.24) is 19.6 Å². The lowest BCUT2D eigenvalue weighted by Crippen LogP contribution is -2.57. The maximum absolute atomic E-state index is 13.5. The van der Waals surface area contributed by atoms with E-state index in [0.717, 1.165) is 23.9 Å². The van der Waals surface area contributed by atoms with E-state index in [1.54, 1.807) is 47.6 Å². The number of amides is 4. The molecule has 4 amide bonds. The number of rotatable bonds is 15. The molecule has 22 heteroatoms. The van der Waals surface area contributed by atoms with Gasteiger partial charge in [-0.3, -0.25) is 19.4 Å². The van der Waals surface area contributed by atoms with Gasteiger partial charge in [0, 0.05) is 47.7 Å². The summed E-state index contributed by atoms with van der Waals surface area (Å²) in [6, 6.07) is 8.88. The summed E-state index contributed by atoms with van der Waals surface area (Å²) in [7, 11) is 4.99. The largest absolute Gasteiger partial charge is 0.444 e. The molecule has 12 nitrogen and oxygen atoms in total. The Hall–Kier alpha value is -2.96. The smallest absolute Gasteiger partial charge is 0.410 e. The van der Waals surface area contributed by atoms with Crippen molar-refractivity contribution in [3.8, 4) is 0 Å². The van der Waals surface area contributed by atoms with Crippen LogP contribution < -0.4 is 0 Å². The molecule has 0 bridgehead atoms. The van der Waals surface area contributed by atoms with Crippen LogP contribution in [0.5, 0.6) is 0 Å². The Bertz CT molecular complexity index is 1910. The monoisotopic (exact) mass is 1020 g/mol. The predicted octanol–water partition coefficient (Wildman–Crippen LogP) is 10.6. The van der Waals surface area contributed by atoms with Crippen molar-refractivity contribution in [2.75, 3.05) is 47.9 Å². The molecule has 0 aliphatic heterocycles. The Morgan fingerprint density at radius 2 is 1.02 bits per heavy atom. The summed E-state index contributed by atoms with van der Waals surface area (Å²) in [6.07, 6.45) is -1.76. The number of halogens is 10. The highest BCUT2D eigenvalue weighted by molar-refractivity contribution is 6.42. The third-order valence-electron chi connectivity index (χ3n) is 8.97. The highest BCUT2D eigenvalue weighted by atomic mass is 35.5. The second-order valence-electron chi connectivity index (χ2n) is 16.3. The average molecular weight is 1020 g/mol. The Kier molecular flexibility index (Phi) is 22.4. The van der Waals surface area contributed by atoms with Crippen LogP contribution in [0.15, 0.2) is 49.1 Å². The van der Waals surface area contributed by atoms with Gasteiger partial charge in [-0.2, -0.15) is 17.6 Å². The number of benzene rings is 2. The van der Waals surface area contributed by atoms with Gasteiger partial charge in [-0.05, 0) is 107 Å². The molecule has 0 aromatic heterocycles. The summed E-state index contributed by atoms with van der Waals surface area (Å²) < 4.78 is 64.8. The standard InChI is InChI=1S/C20H27Cl3F2N2O5.C20H25Cl3F2N2O3.CH4/c1-18(2,3)32-17(31)27(5)19(9-13(29)10-28,11-26(4)16(30)20(23,24)25)12-6-7-14(21)15(22)8-12;1-7-10-19(12-26(5)16(28)20(23,24)25,13-8-9-14(21)15(22)11-13)27(6)17(29)30-18(2,3)4;/h6-8,13,28-29H,9-11H2,1-5H3;7-9,11H,1,10,12H2,2-6H3;1H4. The van der Waals surface area contributed by atoms with Crippen LogP contribution in [-0.2, 0) is 30.1 Å². The van der Waals surface area contributed by atoms with E-state index in [4.69, 9.17) is 79.1 Å². The van der Waals surface area contributed by atoms with Gasteiger partial charge >= 0.3 is 34.8 Å². The number of carbonyl (C=O) groups is 4. The fraction of sp³-hybridized carbons (Fsp3) is 0.561. The summed E-state index contributed by atoms with van der Waals surface area (Å²) in [6.45, 7) is 12.1. The highest BCUT2D eigenvalue weighted by Gasteiger charge is 2.48. The van der Waals surface area contributed by atoms with Crippen molar-refractivity contribution in [3.63, 3.8) is 0 Å². The predicted molar refractivity (Wildman–Crippen MR) is 240 cm³/mol. The zero-order valence-electron chi connectivity index (χ0n) is 35.8. The maximum Gasteiger partial charge on any atom is 0.410 e. The molecule has 358 valence electrons. The third kappa shape index (κ3) is 17.1. The molecule has 0 saturated heterocycles. The molecule has 0 radical (unpaired) electrons. The quantitative estimate of drug-likeness (QED) is 0.102. The van der Waals surface area contributed by atoms with E-state index in [-0.39, 0.29) is 52.5 Å². The molecule has 2 aromatic carbocycles. The minimum absolute atomic E-state index is 0. The van der Waals surface area contributed by atoms with Crippen LogP contribution in [0.2, 0.25) is 20.1 Å². The Balaban J connectivity index is 0.00000120. The van der Waals surface area contributed by atoms with Gasteiger partial charge in [0.2, 0.25) is 0 Å². The first-order chi connectivity index (χ1) is 28.0. The van der Waals surface area contributed by atoms with Crippen LogP contribution in [0.25, 0.3) is 0 Å². The van der Waals surface area contributed by atoms with Crippen LogP contribution in [0.1, 0.15) is 72.9 Å². The first-order valence-electron chi connectivity index (χ1n) is 18.4. The second kappa shape index (κ2) is 23.5. The van der Waals surface area contributed by atoms with Gasteiger partial charge in [0.25, 0.3) is 0 Å².